The van der Waals surface area contributed by atoms with Crippen molar-refractivity contribution in [3.63, 3.8) is 0 Å². The molecule has 4 aromatic rings. The Morgan fingerprint density at radius 2 is 1.84 bits per heavy atom. The fraction of sp³-hybridized carbons (Fsp3) is 0.364. The van der Waals surface area contributed by atoms with Gasteiger partial charge in [-0.25, -0.2) is 9.67 Å². The van der Waals surface area contributed by atoms with E-state index in [2.05, 4.69) is 15.2 Å². The third-order valence-electron chi connectivity index (χ3n) is 5.48. The molecule has 31 heavy (non-hydrogen) atoms. The number of carbonyl (C=O) groups is 1. The Kier molecular flexibility index (Phi) is 5.88. The molecule has 0 aliphatic carbocycles. The van der Waals surface area contributed by atoms with Crippen LogP contribution in [0.1, 0.15) is 6.42 Å². The van der Waals surface area contributed by atoms with Crippen molar-refractivity contribution in [1.82, 2.24) is 24.9 Å². The van der Waals surface area contributed by atoms with Crippen LogP contribution < -0.4 is 4.90 Å². The minimum absolute atomic E-state index is 0.0308. The number of para-hydroxylation sites is 2. The fourth-order valence-electron chi connectivity index (χ4n) is 3.83. The number of amides is 1. The fourth-order valence-corrected chi connectivity index (χ4v) is 4.84. The maximum Gasteiger partial charge on any atom is 0.250 e. The van der Waals surface area contributed by atoms with E-state index in [9.17, 15) is 4.79 Å². The number of thiazole rings is 1. The Balaban J connectivity index is 1.36. The lowest BCUT2D eigenvalue weighted by atomic mass is 10.3. The van der Waals surface area contributed by atoms with Gasteiger partial charge in [-0.3, -0.25) is 14.6 Å². The molecule has 1 aliphatic rings. The van der Waals surface area contributed by atoms with Crippen LogP contribution >= 0.6 is 11.3 Å². The van der Waals surface area contributed by atoms with E-state index in [0.717, 1.165) is 65.7 Å². The number of fused-ring (bicyclic) bond motifs is 2. The Bertz CT molecular complexity index is 1150. The lowest BCUT2D eigenvalue weighted by molar-refractivity contribution is -0.119. The van der Waals surface area contributed by atoms with Crippen molar-refractivity contribution in [1.29, 1.82) is 0 Å². The van der Waals surface area contributed by atoms with E-state index in [0.29, 0.717) is 6.54 Å². The minimum atomic E-state index is -0.0308. The lowest BCUT2D eigenvalue weighted by Crippen LogP contribution is -2.40. The van der Waals surface area contributed by atoms with Crippen molar-refractivity contribution in [3.8, 4) is 0 Å². The number of aromatic nitrogens is 4. The molecule has 9 heteroatoms. The topological polar surface area (TPSA) is 76.4 Å². The molecule has 5 rings (SSSR count). The molecule has 160 valence electrons. The first-order valence-electron chi connectivity index (χ1n) is 10.5. The molecule has 8 nitrogen and oxygen atoms in total. The van der Waals surface area contributed by atoms with Gasteiger partial charge in [0.15, 0.2) is 5.13 Å². The summed E-state index contributed by atoms with van der Waals surface area (Å²) in [5, 5.41) is 9.09. The number of anilines is 1. The Labute approximate surface area is 184 Å². The van der Waals surface area contributed by atoms with Gasteiger partial charge in [-0.05, 0) is 30.7 Å². The van der Waals surface area contributed by atoms with Crippen molar-refractivity contribution in [2.24, 2.45) is 0 Å². The molecule has 1 fully saturated rings. The van der Waals surface area contributed by atoms with E-state index in [1.807, 2.05) is 53.4 Å². The van der Waals surface area contributed by atoms with Crippen LogP contribution in [0, 0.1) is 0 Å². The Morgan fingerprint density at radius 1 is 1.06 bits per heavy atom. The summed E-state index contributed by atoms with van der Waals surface area (Å²) in [7, 11) is 0. The quantitative estimate of drug-likeness (QED) is 0.443. The van der Waals surface area contributed by atoms with Crippen LogP contribution in [0.15, 0.2) is 48.5 Å². The van der Waals surface area contributed by atoms with Crippen molar-refractivity contribution >= 4 is 43.6 Å². The first-order chi connectivity index (χ1) is 15.3. The number of nitrogens with zero attached hydrogens (tertiary/aromatic N) is 6. The molecule has 2 aromatic carbocycles. The zero-order valence-electron chi connectivity index (χ0n) is 17.2. The normalized spacial score (nSPS) is 15.0. The van der Waals surface area contributed by atoms with E-state index in [-0.39, 0.29) is 12.5 Å². The van der Waals surface area contributed by atoms with Crippen molar-refractivity contribution < 1.29 is 9.53 Å². The number of ether oxygens (including phenoxy) is 1. The van der Waals surface area contributed by atoms with Crippen LogP contribution in [0.2, 0.25) is 0 Å². The van der Waals surface area contributed by atoms with Crippen LogP contribution in [-0.4, -0.2) is 70.2 Å². The van der Waals surface area contributed by atoms with E-state index >= 15 is 0 Å². The van der Waals surface area contributed by atoms with Gasteiger partial charge in [0.2, 0.25) is 0 Å². The monoisotopic (exact) mass is 436 g/mol. The minimum Gasteiger partial charge on any atom is -0.379 e. The first-order valence-corrected chi connectivity index (χ1v) is 11.3. The second-order valence-corrected chi connectivity index (χ2v) is 8.56. The highest BCUT2D eigenvalue weighted by Gasteiger charge is 2.22. The standard InChI is InChI=1S/C22H24N6O2S/c29-21(16-28-19-8-3-1-6-17(19)24-25-28)27(11-5-10-26-12-14-30-15-13-26)22-23-18-7-2-4-9-20(18)31-22/h1-4,6-9H,5,10-16H2. The van der Waals surface area contributed by atoms with Crippen molar-refractivity contribution in [2.45, 2.75) is 13.0 Å². The summed E-state index contributed by atoms with van der Waals surface area (Å²) >= 11 is 1.55. The number of hydrogen-bond acceptors (Lipinski definition) is 7. The van der Waals surface area contributed by atoms with Gasteiger partial charge in [0.1, 0.15) is 12.1 Å². The van der Waals surface area contributed by atoms with E-state index in [4.69, 9.17) is 9.72 Å². The third-order valence-corrected chi connectivity index (χ3v) is 6.54. The second-order valence-electron chi connectivity index (χ2n) is 7.55. The third kappa shape index (κ3) is 4.43. The Hall–Kier alpha value is -2.88. The van der Waals surface area contributed by atoms with Crippen molar-refractivity contribution in [3.05, 3.63) is 48.5 Å². The summed E-state index contributed by atoms with van der Waals surface area (Å²) in [6, 6.07) is 15.7. The zero-order chi connectivity index (χ0) is 21.0. The molecule has 0 unspecified atom stereocenters. The number of hydrogen-bond donors (Lipinski definition) is 0. The maximum atomic E-state index is 13.4. The van der Waals surface area contributed by atoms with E-state index < -0.39 is 0 Å². The molecular formula is C22H24N6O2S. The molecule has 0 radical (unpaired) electrons. The van der Waals surface area contributed by atoms with E-state index in [1.165, 1.54) is 0 Å². The van der Waals surface area contributed by atoms with Gasteiger partial charge in [0.05, 0.1) is 28.9 Å². The van der Waals surface area contributed by atoms with Crippen LogP contribution in [0.5, 0.6) is 0 Å². The molecule has 1 amide bonds. The SMILES string of the molecule is O=C(Cn1nnc2ccccc21)N(CCCN1CCOCC1)c1nc2ccccc2s1. The van der Waals surface area contributed by atoms with Gasteiger partial charge in [0.25, 0.3) is 5.91 Å². The van der Waals surface area contributed by atoms with Gasteiger partial charge in [-0.15, -0.1) is 5.10 Å². The van der Waals surface area contributed by atoms with Crippen LogP contribution in [-0.2, 0) is 16.1 Å². The number of morpholine rings is 1. The predicted molar refractivity (Wildman–Crippen MR) is 121 cm³/mol. The highest BCUT2D eigenvalue weighted by molar-refractivity contribution is 7.22. The molecule has 2 aromatic heterocycles. The highest BCUT2D eigenvalue weighted by Crippen LogP contribution is 2.29. The van der Waals surface area contributed by atoms with Gasteiger partial charge >= 0.3 is 0 Å². The lowest BCUT2D eigenvalue weighted by Gasteiger charge is -2.27. The first kappa shape index (κ1) is 20.0. The molecular weight excluding hydrogens is 412 g/mol. The summed E-state index contributed by atoms with van der Waals surface area (Å²) in [4.78, 5) is 22.3. The summed E-state index contributed by atoms with van der Waals surface area (Å²) < 4.78 is 8.18. The molecule has 0 atom stereocenters. The van der Waals surface area contributed by atoms with Gasteiger partial charge in [-0.2, -0.15) is 0 Å². The van der Waals surface area contributed by atoms with Gasteiger partial charge in [-0.1, -0.05) is 40.8 Å². The molecule has 0 bridgehead atoms. The van der Waals surface area contributed by atoms with Crippen LogP contribution in [0.25, 0.3) is 21.3 Å². The molecule has 0 N–H and O–H groups in total. The molecule has 1 saturated heterocycles. The van der Waals surface area contributed by atoms with E-state index in [1.54, 1.807) is 16.0 Å². The predicted octanol–water partition coefficient (Wildman–Crippen LogP) is 2.80. The maximum absolute atomic E-state index is 13.4. The summed E-state index contributed by atoms with van der Waals surface area (Å²) in [5.41, 5.74) is 2.56. The molecule has 3 heterocycles. The molecule has 1 aliphatic heterocycles. The molecule has 0 spiro atoms. The van der Waals surface area contributed by atoms with Crippen molar-refractivity contribution in [2.75, 3.05) is 44.3 Å². The van der Waals surface area contributed by atoms with Crippen LogP contribution in [0.3, 0.4) is 0 Å². The second kappa shape index (κ2) is 9.09. The highest BCUT2D eigenvalue weighted by atomic mass is 32.1. The smallest absolute Gasteiger partial charge is 0.250 e. The Morgan fingerprint density at radius 3 is 2.68 bits per heavy atom. The summed E-state index contributed by atoms with van der Waals surface area (Å²) in [6.07, 6.45) is 0.875. The zero-order valence-corrected chi connectivity index (χ0v) is 18.0. The summed E-state index contributed by atoms with van der Waals surface area (Å²) in [6.45, 7) is 5.13. The average molecular weight is 437 g/mol. The number of rotatable bonds is 7. The van der Waals surface area contributed by atoms with Crippen LogP contribution in [0.4, 0.5) is 5.13 Å². The number of carbonyl (C=O) groups excluding carboxylic acids is 1. The van der Waals surface area contributed by atoms with Gasteiger partial charge in [0, 0.05) is 26.2 Å². The largest absolute Gasteiger partial charge is 0.379 e. The molecule has 0 saturated carbocycles. The number of benzene rings is 2. The summed E-state index contributed by atoms with van der Waals surface area (Å²) in [5.74, 6) is -0.0308. The average Bonchev–Trinajstić information content (AvgIpc) is 3.41. The van der Waals surface area contributed by atoms with Gasteiger partial charge < -0.3 is 4.74 Å².